The molecular weight excluding hydrogens is 249 g/mol. The number of alkyl halides is 3. The molecule has 0 saturated heterocycles. The molecule has 2 nitrogen and oxygen atoms in total. The minimum absolute atomic E-state index is 0.0172. The van der Waals surface area contributed by atoms with Crippen molar-refractivity contribution >= 4 is 11.3 Å². The van der Waals surface area contributed by atoms with Crippen molar-refractivity contribution in [1.82, 2.24) is 10.3 Å². The topological polar surface area (TPSA) is 24.9 Å². The Labute approximate surface area is 103 Å². The van der Waals surface area contributed by atoms with Gasteiger partial charge in [0.1, 0.15) is 0 Å². The van der Waals surface area contributed by atoms with Gasteiger partial charge in [-0.05, 0) is 6.92 Å². The van der Waals surface area contributed by atoms with Crippen LogP contribution in [0.25, 0.3) is 0 Å². The lowest BCUT2D eigenvalue weighted by molar-refractivity contribution is -0.134. The van der Waals surface area contributed by atoms with E-state index in [4.69, 9.17) is 0 Å². The van der Waals surface area contributed by atoms with Crippen molar-refractivity contribution in [3.05, 3.63) is 15.6 Å². The van der Waals surface area contributed by atoms with E-state index in [1.807, 2.05) is 20.8 Å². The van der Waals surface area contributed by atoms with E-state index in [9.17, 15) is 13.2 Å². The molecule has 0 atom stereocenters. The van der Waals surface area contributed by atoms with Crippen LogP contribution in [0.4, 0.5) is 13.2 Å². The molecule has 1 N–H and O–H groups in total. The van der Waals surface area contributed by atoms with Crippen LogP contribution in [0, 0.1) is 6.92 Å². The molecule has 98 valence electrons. The molecule has 1 aromatic rings. The van der Waals surface area contributed by atoms with Crippen LogP contribution in [0.3, 0.4) is 0 Å². The van der Waals surface area contributed by atoms with Crippen molar-refractivity contribution in [2.24, 2.45) is 0 Å². The number of nitrogens with one attached hydrogen (secondary N) is 1. The largest absolute Gasteiger partial charge is 0.389 e. The fourth-order valence-electron chi connectivity index (χ4n) is 1.30. The molecule has 0 aliphatic carbocycles. The van der Waals surface area contributed by atoms with Crippen LogP contribution in [0.2, 0.25) is 0 Å². The van der Waals surface area contributed by atoms with Gasteiger partial charge in [-0.3, -0.25) is 0 Å². The maximum atomic E-state index is 12.1. The highest BCUT2D eigenvalue weighted by Crippen LogP contribution is 2.25. The molecule has 0 bridgehead atoms. The third-order valence-electron chi connectivity index (χ3n) is 2.23. The third kappa shape index (κ3) is 5.50. The van der Waals surface area contributed by atoms with E-state index in [1.165, 1.54) is 11.3 Å². The number of rotatable bonds is 5. The molecule has 1 heterocycles. The maximum absolute atomic E-state index is 12.1. The van der Waals surface area contributed by atoms with Crippen LogP contribution in [0.5, 0.6) is 0 Å². The van der Waals surface area contributed by atoms with Gasteiger partial charge in [0.05, 0.1) is 10.7 Å². The van der Waals surface area contributed by atoms with E-state index in [1.54, 1.807) is 0 Å². The molecule has 0 amide bonds. The summed E-state index contributed by atoms with van der Waals surface area (Å²) in [6.07, 6.45) is -4.91. The molecule has 0 spiro atoms. The monoisotopic (exact) mass is 266 g/mol. The number of thiazole rings is 1. The highest BCUT2D eigenvalue weighted by atomic mass is 32.1. The Hall–Kier alpha value is -0.620. The van der Waals surface area contributed by atoms with E-state index in [2.05, 4.69) is 10.3 Å². The van der Waals surface area contributed by atoms with Gasteiger partial charge in [0.25, 0.3) is 0 Å². The zero-order valence-electron chi connectivity index (χ0n) is 10.2. The third-order valence-corrected chi connectivity index (χ3v) is 3.45. The highest BCUT2D eigenvalue weighted by molar-refractivity contribution is 7.11. The second-order valence-electron chi connectivity index (χ2n) is 4.27. The summed E-state index contributed by atoms with van der Waals surface area (Å²) in [5, 5.41) is 3.81. The summed E-state index contributed by atoms with van der Waals surface area (Å²) in [5.41, 5.74) is 0.834. The second-order valence-corrected chi connectivity index (χ2v) is 5.44. The van der Waals surface area contributed by atoms with Gasteiger partial charge in [0.2, 0.25) is 0 Å². The lowest BCUT2D eigenvalue weighted by atomic mass is 10.3. The SMILES string of the molecule is Cc1nc(CCC(F)(F)F)sc1CNC(C)C. The normalized spacial score (nSPS) is 12.4. The van der Waals surface area contributed by atoms with Gasteiger partial charge in [-0.1, -0.05) is 13.8 Å². The van der Waals surface area contributed by atoms with Crippen molar-refractivity contribution in [3.63, 3.8) is 0 Å². The molecule has 6 heteroatoms. The van der Waals surface area contributed by atoms with Gasteiger partial charge in [-0.25, -0.2) is 4.98 Å². The number of halogens is 3. The summed E-state index contributed by atoms with van der Waals surface area (Å²) in [5.74, 6) is 0. The molecule has 0 aliphatic heterocycles. The standard InChI is InChI=1S/C11H17F3N2S/c1-7(2)15-6-9-8(3)16-10(17-9)4-5-11(12,13)14/h7,15H,4-6H2,1-3H3. The Bertz CT molecular complexity index is 358. The van der Waals surface area contributed by atoms with Crippen molar-refractivity contribution < 1.29 is 13.2 Å². The predicted octanol–water partition coefficient (Wildman–Crippen LogP) is 3.44. The van der Waals surface area contributed by atoms with Crippen LogP contribution in [-0.4, -0.2) is 17.2 Å². The van der Waals surface area contributed by atoms with Gasteiger partial charge in [0.15, 0.2) is 0 Å². The highest BCUT2D eigenvalue weighted by Gasteiger charge is 2.27. The number of hydrogen-bond donors (Lipinski definition) is 1. The number of aryl methyl sites for hydroxylation is 2. The maximum Gasteiger partial charge on any atom is 0.389 e. The fraction of sp³-hybridized carbons (Fsp3) is 0.727. The first-order valence-corrected chi connectivity index (χ1v) is 6.35. The summed E-state index contributed by atoms with van der Waals surface area (Å²) in [6.45, 7) is 6.57. The summed E-state index contributed by atoms with van der Waals surface area (Å²) in [7, 11) is 0. The van der Waals surface area contributed by atoms with Crippen molar-refractivity contribution in [2.45, 2.75) is 52.4 Å². The number of hydrogen-bond acceptors (Lipinski definition) is 3. The van der Waals surface area contributed by atoms with Gasteiger partial charge in [-0.2, -0.15) is 13.2 Å². The van der Waals surface area contributed by atoms with Gasteiger partial charge in [0, 0.05) is 30.3 Å². The van der Waals surface area contributed by atoms with Crippen LogP contribution >= 0.6 is 11.3 Å². The minimum Gasteiger partial charge on any atom is -0.310 e. The smallest absolute Gasteiger partial charge is 0.310 e. The minimum atomic E-state index is -4.10. The van der Waals surface area contributed by atoms with Crippen LogP contribution < -0.4 is 5.32 Å². The van der Waals surface area contributed by atoms with Crippen LogP contribution in [-0.2, 0) is 13.0 Å². The van der Waals surface area contributed by atoms with Crippen LogP contribution in [0.1, 0.15) is 35.8 Å². The average molecular weight is 266 g/mol. The Morgan fingerprint density at radius 2 is 2.00 bits per heavy atom. The zero-order chi connectivity index (χ0) is 13.1. The van der Waals surface area contributed by atoms with Gasteiger partial charge >= 0.3 is 6.18 Å². The first-order valence-electron chi connectivity index (χ1n) is 5.53. The van der Waals surface area contributed by atoms with Crippen molar-refractivity contribution in [2.75, 3.05) is 0 Å². The first kappa shape index (κ1) is 14.4. The molecule has 0 aliphatic rings. The lowest BCUT2D eigenvalue weighted by Gasteiger charge is -2.05. The summed E-state index contributed by atoms with van der Waals surface area (Å²) >= 11 is 1.37. The summed E-state index contributed by atoms with van der Waals surface area (Å²) < 4.78 is 36.2. The summed E-state index contributed by atoms with van der Waals surface area (Å²) in [4.78, 5) is 5.19. The van der Waals surface area contributed by atoms with Crippen molar-refractivity contribution in [1.29, 1.82) is 0 Å². The number of aromatic nitrogens is 1. The molecule has 17 heavy (non-hydrogen) atoms. The molecule has 0 aromatic carbocycles. The quantitative estimate of drug-likeness (QED) is 0.883. The van der Waals surface area contributed by atoms with E-state index in [0.717, 1.165) is 10.6 Å². The average Bonchev–Trinajstić information content (AvgIpc) is 2.52. The van der Waals surface area contributed by atoms with E-state index in [-0.39, 0.29) is 6.42 Å². The van der Waals surface area contributed by atoms with E-state index >= 15 is 0 Å². The number of nitrogens with zero attached hydrogens (tertiary/aromatic N) is 1. The zero-order valence-corrected chi connectivity index (χ0v) is 11.0. The Balaban J connectivity index is 2.55. The predicted molar refractivity (Wildman–Crippen MR) is 63.2 cm³/mol. The first-order chi connectivity index (χ1) is 7.78. The molecule has 0 radical (unpaired) electrons. The van der Waals surface area contributed by atoms with E-state index in [0.29, 0.717) is 17.6 Å². The molecular formula is C11H17F3N2S. The second kappa shape index (κ2) is 5.82. The molecule has 1 aromatic heterocycles. The van der Waals surface area contributed by atoms with E-state index < -0.39 is 12.6 Å². The fourth-order valence-corrected chi connectivity index (χ4v) is 2.32. The molecule has 1 rings (SSSR count). The Morgan fingerprint density at radius 1 is 1.35 bits per heavy atom. The van der Waals surface area contributed by atoms with Crippen LogP contribution in [0.15, 0.2) is 0 Å². The van der Waals surface area contributed by atoms with Crippen molar-refractivity contribution in [3.8, 4) is 0 Å². The lowest BCUT2D eigenvalue weighted by Crippen LogP contribution is -2.21. The summed E-state index contributed by atoms with van der Waals surface area (Å²) in [6, 6.07) is 0.357. The Kier molecular flexibility index (Phi) is 4.94. The van der Waals surface area contributed by atoms with Gasteiger partial charge in [-0.15, -0.1) is 11.3 Å². The molecule has 0 fully saturated rings. The molecule has 0 unspecified atom stereocenters. The van der Waals surface area contributed by atoms with Gasteiger partial charge < -0.3 is 5.32 Å². The Morgan fingerprint density at radius 3 is 2.53 bits per heavy atom. The molecule has 0 saturated carbocycles.